The maximum Gasteiger partial charge on any atom is 0.222 e. The van der Waals surface area contributed by atoms with Crippen molar-refractivity contribution in [1.82, 2.24) is 15.5 Å². The van der Waals surface area contributed by atoms with Crippen molar-refractivity contribution in [3.05, 3.63) is 35.4 Å². The van der Waals surface area contributed by atoms with Gasteiger partial charge in [0.2, 0.25) is 5.91 Å². The Morgan fingerprint density at radius 3 is 2.56 bits per heavy atom. The Morgan fingerprint density at radius 2 is 1.96 bits per heavy atom. The van der Waals surface area contributed by atoms with Crippen molar-refractivity contribution in [3.8, 4) is 0 Å². The molecule has 138 valence electrons. The standard InChI is InChI=1S/C20H32N4O/c1-5-21-20(23-16(4)15(2)3)22-13-17-9-6-7-10-18(17)14-24-12-8-11-19(24)25/h6-7,9-10,15-16H,5,8,11-14H2,1-4H3,(H2,21,22,23). The first kappa shape index (κ1) is 19.3. The summed E-state index contributed by atoms with van der Waals surface area (Å²) in [6.45, 7) is 11.6. The van der Waals surface area contributed by atoms with Gasteiger partial charge in [-0.2, -0.15) is 0 Å². The average Bonchev–Trinajstić information content (AvgIpc) is 2.98. The number of guanidine groups is 1. The highest BCUT2D eigenvalue weighted by atomic mass is 16.2. The fourth-order valence-corrected chi connectivity index (χ4v) is 2.81. The van der Waals surface area contributed by atoms with Crippen molar-refractivity contribution < 1.29 is 4.79 Å². The number of hydrogen-bond acceptors (Lipinski definition) is 2. The molecule has 1 aromatic rings. The van der Waals surface area contributed by atoms with E-state index in [2.05, 4.69) is 50.5 Å². The second-order valence-corrected chi connectivity index (χ2v) is 7.06. The molecule has 25 heavy (non-hydrogen) atoms. The molecule has 0 radical (unpaired) electrons. The minimum absolute atomic E-state index is 0.263. The van der Waals surface area contributed by atoms with Crippen LogP contribution in [0.25, 0.3) is 0 Å². The van der Waals surface area contributed by atoms with E-state index in [1.165, 1.54) is 11.1 Å². The van der Waals surface area contributed by atoms with Gasteiger partial charge in [-0.15, -0.1) is 0 Å². The van der Waals surface area contributed by atoms with Gasteiger partial charge in [-0.3, -0.25) is 4.79 Å². The smallest absolute Gasteiger partial charge is 0.222 e. The molecule has 0 spiro atoms. The van der Waals surface area contributed by atoms with Crippen molar-refractivity contribution in [2.75, 3.05) is 13.1 Å². The lowest BCUT2D eigenvalue weighted by molar-refractivity contribution is -0.128. The number of hydrogen-bond donors (Lipinski definition) is 2. The van der Waals surface area contributed by atoms with Crippen molar-refractivity contribution in [3.63, 3.8) is 0 Å². The Labute approximate surface area is 151 Å². The fourth-order valence-electron chi connectivity index (χ4n) is 2.81. The van der Waals surface area contributed by atoms with E-state index < -0.39 is 0 Å². The number of rotatable bonds is 7. The molecular formula is C20H32N4O. The highest BCUT2D eigenvalue weighted by Crippen LogP contribution is 2.17. The van der Waals surface area contributed by atoms with Gasteiger partial charge in [-0.1, -0.05) is 38.1 Å². The van der Waals surface area contributed by atoms with Crippen LogP contribution in [-0.4, -0.2) is 35.9 Å². The van der Waals surface area contributed by atoms with Crippen LogP contribution in [0.15, 0.2) is 29.3 Å². The van der Waals surface area contributed by atoms with E-state index in [1.807, 2.05) is 17.0 Å². The molecule has 2 N–H and O–H groups in total. The second-order valence-electron chi connectivity index (χ2n) is 7.06. The van der Waals surface area contributed by atoms with Crippen LogP contribution < -0.4 is 10.6 Å². The highest BCUT2D eigenvalue weighted by Gasteiger charge is 2.20. The largest absolute Gasteiger partial charge is 0.357 e. The van der Waals surface area contributed by atoms with Crippen molar-refractivity contribution in [2.24, 2.45) is 10.9 Å². The SMILES string of the molecule is CCNC(=NCc1ccccc1CN1CCCC1=O)NC(C)C(C)C. The third-order valence-electron chi connectivity index (χ3n) is 4.77. The van der Waals surface area contributed by atoms with Gasteiger partial charge < -0.3 is 15.5 Å². The van der Waals surface area contributed by atoms with Crippen LogP contribution in [0.3, 0.4) is 0 Å². The van der Waals surface area contributed by atoms with E-state index in [0.29, 0.717) is 31.5 Å². The van der Waals surface area contributed by atoms with E-state index in [1.54, 1.807) is 0 Å². The molecule has 2 rings (SSSR count). The number of nitrogens with zero attached hydrogens (tertiary/aromatic N) is 2. The molecule has 1 amide bonds. The Bertz CT molecular complexity index is 597. The van der Waals surface area contributed by atoms with Crippen molar-refractivity contribution in [1.29, 1.82) is 0 Å². The third kappa shape index (κ3) is 5.76. The summed E-state index contributed by atoms with van der Waals surface area (Å²) in [6.07, 6.45) is 1.66. The summed E-state index contributed by atoms with van der Waals surface area (Å²) in [5, 5.41) is 6.77. The molecule has 1 aliphatic heterocycles. The zero-order valence-corrected chi connectivity index (χ0v) is 16.0. The predicted octanol–water partition coefficient (Wildman–Crippen LogP) is 2.91. The van der Waals surface area contributed by atoms with Crippen LogP contribution in [-0.2, 0) is 17.9 Å². The molecule has 5 heteroatoms. The lowest BCUT2D eigenvalue weighted by Crippen LogP contribution is -2.44. The summed E-state index contributed by atoms with van der Waals surface area (Å²) in [5.41, 5.74) is 2.37. The van der Waals surface area contributed by atoms with E-state index in [4.69, 9.17) is 4.99 Å². The van der Waals surface area contributed by atoms with Gasteiger partial charge in [0.15, 0.2) is 5.96 Å². The number of carbonyl (C=O) groups is 1. The molecule has 5 nitrogen and oxygen atoms in total. The zero-order valence-electron chi connectivity index (χ0n) is 16.0. The molecule has 1 aromatic carbocycles. The molecule has 0 aliphatic carbocycles. The Morgan fingerprint density at radius 1 is 1.24 bits per heavy atom. The monoisotopic (exact) mass is 344 g/mol. The molecule has 1 fully saturated rings. The third-order valence-corrected chi connectivity index (χ3v) is 4.77. The first-order valence-electron chi connectivity index (χ1n) is 9.40. The first-order valence-corrected chi connectivity index (χ1v) is 9.40. The maximum atomic E-state index is 11.9. The normalized spacial score (nSPS) is 16.4. The summed E-state index contributed by atoms with van der Waals surface area (Å²) in [4.78, 5) is 18.6. The quantitative estimate of drug-likeness (QED) is 0.591. The zero-order chi connectivity index (χ0) is 18.2. The Balaban J connectivity index is 2.08. The number of aliphatic imine (C=N–C) groups is 1. The fraction of sp³-hybridized carbons (Fsp3) is 0.600. The molecule has 0 aromatic heterocycles. The van der Waals surface area contributed by atoms with Gasteiger partial charge in [0.05, 0.1) is 6.54 Å². The van der Waals surface area contributed by atoms with Gasteiger partial charge >= 0.3 is 0 Å². The summed E-state index contributed by atoms with van der Waals surface area (Å²) >= 11 is 0. The minimum atomic E-state index is 0.263. The topological polar surface area (TPSA) is 56.7 Å². The van der Waals surface area contributed by atoms with E-state index in [9.17, 15) is 4.79 Å². The van der Waals surface area contributed by atoms with Crippen LogP contribution in [0.1, 0.15) is 51.7 Å². The number of carbonyl (C=O) groups excluding carboxylic acids is 1. The molecule has 1 aliphatic rings. The Kier molecular flexibility index (Phi) is 7.29. The van der Waals surface area contributed by atoms with Gasteiger partial charge in [-0.05, 0) is 37.3 Å². The minimum Gasteiger partial charge on any atom is -0.357 e. The van der Waals surface area contributed by atoms with Gasteiger partial charge in [-0.25, -0.2) is 4.99 Å². The van der Waals surface area contributed by atoms with E-state index in [0.717, 1.165) is 25.5 Å². The van der Waals surface area contributed by atoms with Gasteiger partial charge in [0.25, 0.3) is 0 Å². The average molecular weight is 345 g/mol. The maximum absolute atomic E-state index is 11.9. The lowest BCUT2D eigenvalue weighted by Gasteiger charge is -2.21. The van der Waals surface area contributed by atoms with E-state index in [-0.39, 0.29) is 5.91 Å². The van der Waals surface area contributed by atoms with Crippen LogP contribution >= 0.6 is 0 Å². The molecule has 1 atom stereocenters. The molecule has 0 saturated carbocycles. The van der Waals surface area contributed by atoms with Crippen LogP contribution in [0.5, 0.6) is 0 Å². The highest BCUT2D eigenvalue weighted by molar-refractivity contribution is 5.80. The summed E-state index contributed by atoms with van der Waals surface area (Å²) in [7, 11) is 0. The lowest BCUT2D eigenvalue weighted by atomic mass is 10.1. The van der Waals surface area contributed by atoms with E-state index >= 15 is 0 Å². The molecule has 1 heterocycles. The number of likely N-dealkylation sites (tertiary alicyclic amines) is 1. The summed E-state index contributed by atoms with van der Waals surface area (Å²) in [5.74, 6) is 1.65. The number of amides is 1. The first-order chi connectivity index (χ1) is 12.0. The van der Waals surface area contributed by atoms with Crippen LogP contribution in [0, 0.1) is 5.92 Å². The molecular weight excluding hydrogens is 312 g/mol. The predicted molar refractivity (Wildman–Crippen MR) is 103 cm³/mol. The molecule has 0 bridgehead atoms. The van der Waals surface area contributed by atoms with Crippen molar-refractivity contribution >= 4 is 11.9 Å². The van der Waals surface area contributed by atoms with Gasteiger partial charge in [0.1, 0.15) is 0 Å². The molecule has 1 saturated heterocycles. The molecule has 1 unspecified atom stereocenters. The summed E-state index contributed by atoms with van der Waals surface area (Å²) in [6, 6.07) is 8.64. The van der Waals surface area contributed by atoms with Crippen LogP contribution in [0.2, 0.25) is 0 Å². The number of nitrogens with one attached hydrogen (secondary N) is 2. The number of benzene rings is 1. The summed E-state index contributed by atoms with van der Waals surface area (Å²) < 4.78 is 0. The van der Waals surface area contributed by atoms with Crippen LogP contribution in [0.4, 0.5) is 0 Å². The van der Waals surface area contributed by atoms with Gasteiger partial charge in [0, 0.05) is 32.1 Å². The Hall–Kier alpha value is -2.04. The van der Waals surface area contributed by atoms with Crippen molar-refractivity contribution in [2.45, 2.75) is 59.7 Å². The second kappa shape index (κ2) is 9.44.